The second-order valence-electron chi connectivity index (χ2n) is 10.7. The maximum Gasteiger partial charge on any atom is 0.253 e. The summed E-state index contributed by atoms with van der Waals surface area (Å²) in [4.78, 5) is 21.6. The van der Waals surface area contributed by atoms with Gasteiger partial charge in [0, 0.05) is 43.8 Å². The number of benzene rings is 2. The van der Waals surface area contributed by atoms with Crippen molar-refractivity contribution in [3.63, 3.8) is 0 Å². The van der Waals surface area contributed by atoms with Crippen molar-refractivity contribution in [1.29, 1.82) is 0 Å². The highest BCUT2D eigenvalue weighted by Gasteiger charge is 2.34. The first-order chi connectivity index (χ1) is 18.1. The predicted molar refractivity (Wildman–Crippen MR) is 144 cm³/mol. The summed E-state index contributed by atoms with van der Waals surface area (Å²) >= 11 is 0. The first-order valence-corrected chi connectivity index (χ1v) is 13.5. The molecule has 8 nitrogen and oxygen atoms in total. The fraction of sp³-hybridized carbons (Fsp3) is 0.448. The number of H-pyrrole nitrogens is 1. The van der Waals surface area contributed by atoms with Gasteiger partial charge in [-0.1, -0.05) is 43.2 Å². The van der Waals surface area contributed by atoms with Gasteiger partial charge in [0.25, 0.3) is 5.56 Å². The molecule has 0 radical (unpaired) electrons. The standard InChI is InChI=1S/C29H35N7O/c1-20-16-23-18-25(29(37)30-26(23)17-21(20)2)27(28-31-32-33-36(28)24-10-6-7-11-24)35-14-12-34(13-15-35)19-22-8-4-3-5-9-22/h3-5,8-9,16-18,24,27H,6-7,10-15,19H2,1-2H3,(H,30,37). The SMILES string of the molecule is Cc1cc2cc(C(c3nnnn3C3CCCC3)N3CCN(Cc4ccccc4)CC3)c(=O)[nH]c2cc1C. The molecule has 1 unspecified atom stereocenters. The molecule has 0 amide bonds. The summed E-state index contributed by atoms with van der Waals surface area (Å²) in [5.74, 6) is 0.789. The minimum atomic E-state index is -0.288. The fourth-order valence-corrected chi connectivity index (χ4v) is 6.01. The Morgan fingerprint density at radius 1 is 0.973 bits per heavy atom. The van der Waals surface area contributed by atoms with Gasteiger partial charge in [-0.15, -0.1) is 5.10 Å². The molecule has 1 atom stereocenters. The first kappa shape index (κ1) is 24.0. The van der Waals surface area contributed by atoms with E-state index < -0.39 is 0 Å². The highest BCUT2D eigenvalue weighted by Crippen LogP contribution is 2.34. The van der Waals surface area contributed by atoms with E-state index in [2.05, 4.69) is 92.7 Å². The van der Waals surface area contributed by atoms with Crippen molar-refractivity contribution in [2.24, 2.45) is 0 Å². The van der Waals surface area contributed by atoms with Gasteiger partial charge in [-0.05, 0) is 77.4 Å². The third-order valence-electron chi connectivity index (χ3n) is 8.24. The summed E-state index contributed by atoms with van der Waals surface area (Å²) in [6.45, 7) is 8.69. The third kappa shape index (κ3) is 4.83. The number of nitrogens with one attached hydrogen (secondary N) is 1. The average Bonchev–Trinajstić information content (AvgIpc) is 3.60. The van der Waals surface area contributed by atoms with Gasteiger partial charge in [0.1, 0.15) is 6.04 Å². The number of nitrogens with zero attached hydrogens (tertiary/aromatic N) is 6. The number of pyridine rings is 1. The number of fused-ring (bicyclic) bond motifs is 1. The maximum absolute atomic E-state index is 13.6. The Morgan fingerprint density at radius 3 is 2.46 bits per heavy atom. The highest BCUT2D eigenvalue weighted by molar-refractivity contribution is 5.81. The van der Waals surface area contributed by atoms with E-state index in [0.29, 0.717) is 6.04 Å². The van der Waals surface area contributed by atoms with E-state index >= 15 is 0 Å². The second-order valence-corrected chi connectivity index (χ2v) is 10.7. The molecule has 1 saturated heterocycles. The van der Waals surface area contributed by atoms with E-state index in [1.165, 1.54) is 29.5 Å². The average molecular weight is 498 g/mol. The molecule has 3 heterocycles. The van der Waals surface area contributed by atoms with Crippen molar-refractivity contribution >= 4 is 10.9 Å². The Balaban J connectivity index is 1.36. The number of hydrogen-bond acceptors (Lipinski definition) is 6. The molecule has 2 aromatic carbocycles. The molecular weight excluding hydrogens is 462 g/mol. The number of aromatic amines is 1. The predicted octanol–water partition coefficient (Wildman–Crippen LogP) is 4.15. The van der Waals surface area contributed by atoms with Crippen LogP contribution in [0, 0.1) is 13.8 Å². The van der Waals surface area contributed by atoms with Crippen molar-refractivity contribution < 1.29 is 0 Å². The quantitative estimate of drug-likeness (QED) is 0.431. The summed E-state index contributed by atoms with van der Waals surface area (Å²) in [7, 11) is 0. The fourth-order valence-electron chi connectivity index (χ4n) is 6.01. The molecule has 1 saturated carbocycles. The van der Waals surface area contributed by atoms with E-state index in [-0.39, 0.29) is 11.6 Å². The molecule has 1 aliphatic carbocycles. The zero-order valence-corrected chi connectivity index (χ0v) is 21.7. The Bertz CT molecular complexity index is 1430. The summed E-state index contributed by atoms with van der Waals surface area (Å²) < 4.78 is 2.01. The van der Waals surface area contributed by atoms with Crippen molar-refractivity contribution in [2.75, 3.05) is 26.2 Å². The molecule has 0 bridgehead atoms. The number of rotatable bonds is 6. The van der Waals surface area contributed by atoms with E-state index in [0.717, 1.165) is 67.9 Å². The minimum Gasteiger partial charge on any atom is -0.322 e. The van der Waals surface area contributed by atoms with Crippen LogP contribution in [0.15, 0.2) is 53.3 Å². The summed E-state index contributed by atoms with van der Waals surface area (Å²) in [5, 5.41) is 14.1. The molecule has 6 rings (SSSR count). The molecule has 37 heavy (non-hydrogen) atoms. The van der Waals surface area contributed by atoms with E-state index in [1.807, 2.05) is 4.68 Å². The zero-order chi connectivity index (χ0) is 25.4. The molecule has 8 heteroatoms. The van der Waals surface area contributed by atoms with Crippen LogP contribution in [0.3, 0.4) is 0 Å². The van der Waals surface area contributed by atoms with Gasteiger partial charge >= 0.3 is 0 Å². The van der Waals surface area contributed by atoms with Gasteiger partial charge in [0.2, 0.25) is 0 Å². The number of piperazine rings is 1. The monoisotopic (exact) mass is 497 g/mol. The molecular formula is C29H35N7O. The van der Waals surface area contributed by atoms with Crippen LogP contribution in [-0.2, 0) is 6.54 Å². The lowest BCUT2D eigenvalue weighted by molar-refractivity contribution is 0.0989. The van der Waals surface area contributed by atoms with Crippen LogP contribution < -0.4 is 5.56 Å². The minimum absolute atomic E-state index is 0.0616. The molecule has 4 aromatic rings. The first-order valence-electron chi connectivity index (χ1n) is 13.5. The van der Waals surface area contributed by atoms with Crippen molar-refractivity contribution in [3.8, 4) is 0 Å². The van der Waals surface area contributed by atoms with Gasteiger partial charge in [-0.2, -0.15) is 0 Å². The lowest BCUT2D eigenvalue weighted by atomic mass is 10.00. The van der Waals surface area contributed by atoms with E-state index in [9.17, 15) is 4.79 Å². The van der Waals surface area contributed by atoms with Gasteiger partial charge < -0.3 is 4.98 Å². The van der Waals surface area contributed by atoms with Gasteiger partial charge in [0.15, 0.2) is 5.82 Å². The maximum atomic E-state index is 13.6. The Kier molecular flexibility index (Phi) is 6.61. The van der Waals surface area contributed by atoms with Gasteiger partial charge in [-0.3, -0.25) is 14.6 Å². The molecule has 2 fully saturated rings. The Morgan fingerprint density at radius 2 is 1.70 bits per heavy atom. The largest absolute Gasteiger partial charge is 0.322 e. The van der Waals surface area contributed by atoms with Crippen LogP contribution in [0.1, 0.15) is 65.8 Å². The molecule has 1 N–H and O–H groups in total. The van der Waals surface area contributed by atoms with Crippen LogP contribution in [0.25, 0.3) is 10.9 Å². The van der Waals surface area contributed by atoms with Gasteiger partial charge in [0.05, 0.1) is 6.04 Å². The lowest BCUT2D eigenvalue weighted by Gasteiger charge is -2.39. The summed E-state index contributed by atoms with van der Waals surface area (Å²) in [6, 6.07) is 16.9. The van der Waals surface area contributed by atoms with E-state index in [1.54, 1.807) is 0 Å². The third-order valence-corrected chi connectivity index (χ3v) is 8.24. The lowest BCUT2D eigenvalue weighted by Crippen LogP contribution is -2.48. The molecule has 2 aromatic heterocycles. The van der Waals surface area contributed by atoms with Crippen LogP contribution in [0.5, 0.6) is 0 Å². The molecule has 0 spiro atoms. The number of hydrogen-bond donors (Lipinski definition) is 1. The van der Waals surface area contributed by atoms with Crippen LogP contribution >= 0.6 is 0 Å². The highest BCUT2D eigenvalue weighted by atomic mass is 16.1. The zero-order valence-electron chi connectivity index (χ0n) is 21.7. The Labute approximate surface area is 217 Å². The van der Waals surface area contributed by atoms with Crippen molar-refractivity contribution in [2.45, 2.75) is 58.2 Å². The normalized spacial score (nSPS) is 18.5. The number of aromatic nitrogens is 5. The molecule has 1 aliphatic heterocycles. The summed E-state index contributed by atoms with van der Waals surface area (Å²) in [6.07, 6.45) is 4.56. The van der Waals surface area contributed by atoms with E-state index in [4.69, 9.17) is 0 Å². The molecule has 2 aliphatic rings. The van der Waals surface area contributed by atoms with Crippen LogP contribution in [-0.4, -0.2) is 61.2 Å². The number of tetrazole rings is 1. The van der Waals surface area contributed by atoms with Gasteiger partial charge in [-0.25, -0.2) is 4.68 Å². The van der Waals surface area contributed by atoms with Crippen molar-refractivity contribution in [3.05, 3.63) is 87.0 Å². The molecule has 192 valence electrons. The van der Waals surface area contributed by atoms with Crippen LogP contribution in [0.4, 0.5) is 0 Å². The number of aryl methyl sites for hydroxylation is 2. The summed E-state index contributed by atoms with van der Waals surface area (Å²) in [5.41, 5.74) is 5.25. The topological polar surface area (TPSA) is 82.9 Å². The van der Waals surface area contributed by atoms with Crippen LogP contribution in [0.2, 0.25) is 0 Å². The van der Waals surface area contributed by atoms with Crippen molar-refractivity contribution in [1.82, 2.24) is 35.0 Å². The second kappa shape index (κ2) is 10.2. The smallest absolute Gasteiger partial charge is 0.253 e. The Hall–Kier alpha value is -3.36.